The minimum Gasteiger partial charge on any atom is -0.476 e. The normalized spacial score (nSPS) is 12.5. The van der Waals surface area contributed by atoms with Gasteiger partial charge in [-0.05, 0) is 30.3 Å². The minimum atomic E-state index is -1.86. The van der Waals surface area contributed by atoms with Crippen LogP contribution in [-0.4, -0.2) is 24.4 Å². The summed E-state index contributed by atoms with van der Waals surface area (Å²) in [6.45, 7) is 11.1. The van der Waals surface area contributed by atoms with Gasteiger partial charge in [0.05, 0.1) is 18.0 Å². The molecule has 1 aromatic heterocycles. The van der Waals surface area contributed by atoms with E-state index in [0.29, 0.717) is 12.3 Å². The second-order valence-electron chi connectivity index (χ2n) is 6.09. The fourth-order valence-corrected chi connectivity index (χ4v) is 2.17. The predicted molar refractivity (Wildman–Crippen MR) is 77.6 cm³/mol. The molecule has 0 fully saturated rings. The minimum absolute atomic E-state index is 0.108. The Hall–Kier alpha value is -1.40. The molecule has 19 heavy (non-hydrogen) atoms. The van der Waals surface area contributed by atoms with Crippen molar-refractivity contribution in [2.75, 3.05) is 5.73 Å². The van der Waals surface area contributed by atoms with Gasteiger partial charge in [-0.3, -0.25) is 0 Å². The Balaban J connectivity index is 2.85. The molecule has 0 spiro atoms. The van der Waals surface area contributed by atoms with Crippen LogP contribution >= 0.6 is 0 Å². The lowest BCUT2D eigenvalue weighted by molar-refractivity contribution is 0.0691. The predicted octanol–water partition coefficient (Wildman–Crippen LogP) is 2.88. The van der Waals surface area contributed by atoms with E-state index in [4.69, 9.17) is 15.3 Å². The first kappa shape index (κ1) is 15.7. The molecule has 0 amide bonds. The van der Waals surface area contributed by atoms with Gasteiger partial charge in [0, 0.05) is 0 Å². The fraction of sp³-hybridized carbons (Fsp3) is 0.538. The summed E-state index contributed by atoms with van der Waals surface area (Å²) in [5.74, 6) is -1.12. The van der Waals surface area contributed by atoms with E-state index in [-0.39, 0.29) is 16.4 Å². The van der Waals surface area contributed by atoms with Gasteiger partial charge in [-0.15, -0.1) is 0 Å². The molecule has 106 valence electrons. The topological polar surface area (TPSA) is 85.4 Å². The molecule has 1 rings (SSSR count). The van der Waals surface area contributed by atoms with Gasteiger partial charge < -0.3 is 15.3 Å². The molecule has 0 unspecified atom stereocenters. The van der Waals surface area contributed by atoms with E-state index in [1.54, 1.807) is 12.1 Å². The number of carboxylic acids is 1. The Bertz CT molecular complexity index is 481. The molecule has 0 bridgehead atoms. The summed E-state index contributed by atoms with van der Waals surface area (Å²) in [5, 5.41) is 9.08. The number of aromatic carboxylic acids is 1. The Kier molecular flexibility index (Phi) is 4.37. The lowest BCUT2D eigenvalue weighted by atomic mass is 10.2. The van der Waals surface area contributed by atoms with Crippen molar-refractivity contribution in [2.45, 2.75) is 45.5 Å². The monoisotopic (exact) mass is 282 g/mol. The molecule has 0 aromatic carbocycles. The van der Waals surface area contributed by atoms with Crippen molar-refractivity contribution >= 4 is 20.0 Å². The second kappa shape index (κ2) is 5.30. The van der Waals surface area contributed by atoms with Crippen LogP contribution in [0, 0.1) is 0 Å². The second-order valence-corrected chi connectivity index (χ2v) is 10.9. The third-order valence-corrected chi connectivity index (χ3v) is 8.05. The van der Waals surface area contributed by atoms with Gasteiger partial charge in [-0.25, -0.2) is 9.78 Å². The maximum absolute atomic E-state index is 11.0. The molecule has 5 nitrogen and oxygen atoms in total. The average Bonchev–Trinajstić information content (AvgIpc) is 2.26. The van der Waals surface area contributed by atoms with Crippen LogP contribution in [0.25, 0.3) is 0 Å². The van der Waals surface area contributed by atoms with E-state index in [2.05, 4.69) is 38.8 Å². The van der Waals surface area contributed by atoms with Crippen LogP contribution < -0.4 is 5.73 Å². The van der Waals surface area contributed by atoms with Gasteiger partial charge >= 0.3 is 5.97 Å². The van der Waals surface area contributed by atoms with Crippen LogP contribution in [0.1, 0.15) is 37.0 Å². The summed E-state index contributed by atoms with van der Waals surface area (Å²) >= 11 is 0. The lowest BCUT2D eigenvalue weighted by Crippen LogP contribution is -2.40. The molecule has 0 aliphatic heterocycles. The highest BCUT2D eigenvalue weighted by atomic mass is 28.4. The lowest BCUT2D eigenvalue weighted by Gasteiger charge is -2.36. The number of nitrogens with zero attached hydrogens (tertiary/aromatic N) is 1. The molecular weight excluding hydrogens is 260 g/mol. The maximum Gasteiger partial charge on any atom is 0.356 e. The zero-order chi connectivity index (χ0) is 14.8. The molecule has 0 radical (unpaired) electrons. The first-order valence-corrected chi connectivity index (χ1v) is 9.08. The van der Waals surface area contributed by atoms with Gasteiger partial charge in [0.25, 0.3) is 0 Å². The summed E-state index contributed by atoms with van der Waals surface area (Å²) in [7, 11) is -1.86. The van der Waals surface area contributed by atoms with Gasteiger partial charge in [-0.1, -0.05) is 20.8 Å². The van der Waals surface area contributed by atoms with Crippen molar-refractivity contribution in [1.82, 2.24) is 4.98 Å². The van der Waals surface area contributed by atoms with Crippen molar-refractivity contribution in [1.29, 1.82) is 0 Å². The van der Waals surface area contributed by atoms with Gasteiger partial charge in [-0.2, -0.15) is 0 Å². The van der Waals surface area contributed by atoms with Crippen molar-refractivity contribution in [3.8, 4) is 0 Å². The van der Waals surface area contributed by atoms with Crippen molar-refractivity contribution < 1.29 is 14.3 Å². The van der Waals surface area contributed by atoms with Gasteiger partial charge in [0.1, 0.15) is 0 Å². The number of hydrogen-bond acceptors (Lipinski definition) is 4. The van der Waals surface area contributed by atoms with E-state index >= 15 is 0 Å². The van der Waals surface area contributed by atoms with E-state index in [9.17, 15) is 4.79 Å². The molecular formula is C13H22N2O3Si. The molecule has 1 heterocycles. The first-order chi connectivity index (χ1) is 8.54. The fourth-order valence-electron chi connectivity index (χ4n) is 1.23. The zero-order valence-corrected chi connectivity index (χ0v) is 13.2. The van der Waals surface area contributed by atoms with Crippen LogP contribution in [0.15, 0.2) is 12.1 Å². The first-order valence-electron chi connectivity index (χ1n) is 6.17. The Morgan fingerprint density at radius 1 is 1.42 bits per heavy atom. The Labute approximate surface area is 114 Å². The number of pyridine rings is 1. The van der Waals surface area contributed by atoms with Crippen LogP contribution in [-0.2, 0) is 11.0 Å². The summed E-state index contributed by atoms with van der Waals surface area (Å²) in [6, 6.07) is 3.26. The van der Waals surface area contributed by atoms with E-state index in [1.807, 2.05) is 0 Å². The third-order valence-electron chi connectivity index (χ3n) is 3.57. The molecule has 0 aliphatic rings. The highest BCUT2D eigenvalue weighted by molar-refractivity contribution is 6.74. The van der Waals surface area contributed by atoms with Crippen molar-refractivity contribution in [2.24, 2.45) is 0 Å². The maximum atomic E-state index is 11.0. The Morgan fingerprint density at radius 2 is 2.00 bits per heavy atom. The quantitative estimate of drug-likeness (QED) is 0.829. The summed E-state index contributed by atoms with van der Waals surface area (Å²) in [5.41, 5.74) is 6.22. The smallest absolute Gasteiger partial charge is 0.356 e. The highest BCUT2D eigenvalue weighted by Gasteiger charge is 2.37. The highest BCUT2D eigenvalue weighted by Crippen LogP contribution is 2.36. The number of hydrogen-bond donors (Lipinski definition) is 2. The largest absolute Gasteiger partial charge is 0.476 e. The number of carboxylic acid groups (broad SMARTS) is 1. The summed E-state index contributed by atoms with van der Waals surface area (Å²) in [4.78, 5) is 15.0. The Morgan fingerprint density at radius 3 is 2.47 bits per heavy atom. The molecule has 3 N–H and O–H groups in total. The van der Waals surface area contributed by atoms with E-state index in [0.717, 1.165) is 0 Å². The standard InChI is InChI=1S/C13H22N2O3Si/c1-13(2,3)19(4,5)18-8-9-6-7-10(14)11(15-9)12(16)17/h6-7H,8,14H2,1-5H3,(H,16,17). The summed E-state index contributed by atoms with van der Waals surface area (Å²) < 4.78 is 6.00. The SMILES string of the molecule is CC(C)(C)[Si](C)(C)OCc1ccc(N)c(C(=O)O)n1. The van der Waals surface area contributed by atoms with Gasteiger partial charge in [0.2, 0.25) is 0 Å². The number of rotatable bonds is 4. The number of nitrogen functional groups attached to an aromatic ring is 1. The van der Waals surface area contributed by atoms with E-state index in [1.165, 1.54) is 0 Å². The molecule has 1 aromatic rings. The molecule has 0 atom stereocenters. The number of nitrogens with two attached hydrogens (primary N) is 1. The van der Waals surface area contributed by atoms with Gasteiger partial charge in [0.15, 0.2) is 14.0 Å². The van der Waals surface area contributed by atoms with Crippen LogP contribution in [0.3, 0.4) is 0 Å². The van der Waals surface area contributed by atoms with Crippen molar-refractivity contribution in [3.63, 3.8) is 0 Å². The molecule has 0 saturated heterocycles. The number of carbonyl (C=O) groups is 1. The number of anilines is 1. The van der Waals surface area contributed by atoms with E-state index < -0.39 is 14.3 Å². The molecule has 6 heteroatoms. The third kappa shape index (κ3) is 3.78. The molecule has 0 aliphatic carbocycles. The van der Waals surface area contributed by atoms with Crippen LogP contribution in [0.2, 0.25) is 18.1 Å². The van der Waals surface area contributed by atoms with Crippen LogP contribution in [0.4, 0.5) is 5.69 Å². The zero-order valence-electron chi connectivity index (χ0n) is 12.2. The van der Waals surface area contributed by atoms with Crippen molar-refractivity contribution in [3.05, 3.63) is 23.5 Å². The molecule has 0 saturated carbocycles. The average molecular weight is 282 g/mol. The number of aromatic nitrogens is 1. The van der Waals surface area contributed by atoms with Crippen LogP contribution in [0.5, 0.6) is 0 Å². The summed E-state index contributed by atoms with van der Waals surface area (Å²) in [6.07, 6.45) is 0.